The smallest absolute Gasteiger partial charge is 0.185 e. The average Bonchev–Trinajstić information content (AvgIpc) is 2.64. The van der Waals surface area contributed by atoms with Gasteiger partial charge in [-0.15, -0.1) is 0 Å². The Morgan fingerprint density at radius 1 is 1.08 bits per heavy atom. The third kappa shape index (κ3) is 5.06. The Bertz CT molecular complexity index is 666. The van der Waals surface area contributed by atoms with Crippen molar-refractivity contribution in [2.45, 2.75) is 39.1 Å². The summed E-state index contributed by atoms with van der Waals surface area (Å²) >= 11 is 3.60. The van der Waals surface area contributed by atoms with E-state index in [1.807, 2.05) is 24.3 Å². The zero-order valence-corrected chi connectivity index (χ0v) is 16.4. The number of halogens is 1. The highest BCUT2D eigenvalue weighted by Gasteiger charge is 2.21. The fourth-order valence-corrected chi connectivity index (χ4v) is 3.39. The van der Waals surface area contributed by atoms with Gasteiger partial charge in [0.05, 0.1) is 13.2 Å². The first-order valence-electron chi connectivity index (χ1n) is 8.87. The summed E-state index contributed by atoms with van der Waals surface area (Å²) in [4.78, 5) is 0. The Morgan fingerprint density at radius 2 is 1.80 bits per heavy atom. The topological polar surface area (TPSA) is 27.7 Å². The molecule has 1 unspecified atom stereocenters. The van der Waals surface area contributed by atoms with E-state index in [2.05, 4.69) is 54.0 Å². The first kappa shape index (κ1) is 18.4. The van der Waals surface area contributed by atoms with E-state index in [0.717, 1.165) is 41.8 Å². The van der Waals surface area contributed by atoms with Crippen LogP contribution in [0.15, 0.2) is 53.0 Å². The molecule has 2 aromatic rings. The summed E-state index contributed by atoms with van der Waals surface area (Å²) in [6.07, 6.45) is 1.61. The van der Waals surface area contributed by atoms with E-state index in [-0.39, 0.29) is 12.4 Å². The van der Waals surface area contributed by atoms with Gasteiger partial charge in [0.25, 0.3) is 0 Å². The van der Waals surface area contributed by atoms with Gasteiger partial charge in [0.2, 0.25) is 0 Å². The molecule has 4 heteroatoms. The van der Waals surface area contributed by atoms with Gasteiger partial charge >= 0.3 is 0 Å². The van der Waals surface area contributed by atoms with Crippen LogP contribution < -0.4 is 4.74 Å². The summed E-state index contributed by atoms with van der Waals surface area (Å²) in [5, 5.41) is 0. The maximum absolute atomic E-state index is 6.37. The zero-order chi connectivity index (χ0) is 17.6. The lowest BCUT2D eigenvalue weighted by atomic mass is 9.99. The van der Waals surface area contributed by atoms with E-state index in [4.69, 9.17) is 14.2 Å². The van der Waals surface area contributed by atoms with Crippen molar-refractivity contribution >= 4 is 15.9 Å². The highest BCUT2D eigenvalue weighted by Crippen LogP contribution is 2.35. The van der Waals surface area contributed by atoms with Crippen molar-refractivity contribution in [3.05, 3.63) is 64.1 Å². The number of hydrogen-bond donors (Lipinski definition) is 0. The molecule has 1 aliphatic rings. The van der Waals surface area contributed by atoms with Crippen LogP contribution in [0.2, 0.25) is 0 Å². The predicted octanol–water partition coefficient (Wildman–Crippen LogP) is 6.05. The molecule has 0 aliphatic carbocycles. The number of rotatable bonds is 6. The fraction of sp³-hybridized carbons (Fsp3) is 0.429. The second kappa shape index (κ2) is 8.84. The molecule has 0 amide bonds. The highest BCUT2D eigenvalue weighted by atomic mass is 79.9. The van der Waals surface area contributed by atoms with Gasteiger partial charge in [-0.25, -0.2) is 0 Å². The number of benzene rings is 2. The van der Waals surface area contributed by atoms with Crippen LogP contribution in [0.1, 0.15) is 50.2 Å². The van der Waals surface area contributed by atoms with Gasteiger partial charge in [-0.1, -0.05) is 60.1 Å². The molecule has 0 N–H and O–H groups in total. The van der Waals surface area contributed by atoms with E-state index in [1.54, 1.807) is 0 Å². The van der Waals surface area contributed by atoms with Crippen LogP contribution in [0.5, 0.6) is 5.75 Å². The number of ether oxygens (including phenoxy) is 3. The normalized spacial score (nSPS) is 16.8. The summed E-state index contributed by atoms with van der Waals surface area (Å²) in [7, 11) is 0. The van der Waals surface area contributed by atoms with E-state index in [9.17, 15) is 0 Å². The van der Waals surface area contributed by atoms with Crippen LogP contribution in [0.25, 0.3) is 0 Å². The van der Waals surface area contributed by atoms with Gasteiger partial charge in [-0.2, -0.15) is 0 Å². The van der Waals surface area contributed by atoms with Crippen molar-refractivity contribution in [2.75, 3.05) is 13.2 Å². The van der Waals surface area contributed by atoms with E-state index < -0.39 is 0 Å². The maximum atomic E-state index is 6.37. The third-order valence-electron chi connectivity index (χ3n) is 4.18. The average molecular weight is 405 g/mol. The van der Waals surface area contributed by atoms with Gasteiger partial charge in [0.1, 0.15) is 11.9 Å². The molecule has 0 spiro atoms. The minimum atomic E-state index is -0.327. The first-order valence-corrected chi connectivity index (χ1v) is 9.67. The standard InChI is InChI=1S/C21H25BrO3/c1-15(2)13-20(16-7-4-3-5-8-16)25-17-9-10-19(22)18(14-17)21-23-11-6-12-24-21/h3-5,7-10,14-15,20-21H,6,11-13H2,1-2H3. The summed E-state index contributed by atoms with van der Waals surface area (Å²) in [5.74, 6) is 1.38. The Morgan fingerprint density at radius 3 is 2.48 bits per heavy atom. The summed E-state index contributed by atoms with van der Waals surface area (Å²) in [6.45, 7) is 5.89. The summed E-state index contributed by atoms with van der Waals surface area (Å²) in [6, 6.07) is 16.4. The van der Waals surface area contributed by atoms with Crippen LogP contribution in [0.4, 0.5) is 0 Å². The quantitative estimate of drug-likeness (QED) is 0.586. The van der Waals surface area contributed by atoms with Crippen LogP contribution in [0.3, 0.4) is 0 Å². The SMILES string of the molecule is CC(C)CC(Oc1ccc(Br)c(C2OCCCO2)c1)c1ccccc1. The summed E-state index contributed by atoms with van der Waals surface area (Å²) in [5.41, 5.74) is 2.18. The Hall–Kier alpha value is -1.36. The van der Waals surface area contributed by atoms with Gasteiger partial charge < -0.3 is 14.2 Å². The Balaban J connectivity index is 1.82. The minimum absolute atomic E-state index is 0.0309. The molecule has 0 bridgehead atoms. The predicted molar refractivity (Wildman–Crippen MR) is 103 cm³/mol. The van der Waals surface area contributed by atoms with Crippen LogP contribution in [-0.4, -0.2) is 13.2 Å². The molecule has 134 valence electrons. The third-order valence-corrected chi connectivity index (χ3v) is 4.91. The lowest BCUT2D eigenvalue weighted by Crippen LogP contribution is -2.18. The molecule has 3 rings (SSSR count). The summed E-state index contributed by atoms with van der Waals surface area (Å²) < 4.78 is 18.8. The molecule has 1 fully saturated rings. The molecule has 2 aromatic carbocycles. The first-order chi connectivity index (χ1) is 12.1. The van der Waals surface area contributed by atoms with Gasteiger partial charge in [-0.05, 0) is 42.5 Å². The second-order valence-corrected chi connectivity index (χ2v) is 7.61. The van der Waals surface area contributed by atoms with Crippen molar-refractivity contribution in [1.82, 2.24) is 0 Å². The molecular formula is C21H25BrO3. The molecule has 1 atom stereocenters. The van der Waals surface area contributed by atoms with Crippen molar-refractivity contribution < 1.29 is 14.2 Å². The van der Waals surface area contributed by atoms with Gasteiger partial charge in [0.15, 0.2) is 6.29 Å². The van der Waals surface area contributed by atoms with Crippen molar-refractivity contribution in [3.63, 3.8) is 0 Å². The van der Waals surface area contributed by atoms with Gasteiger partial charge in [0, 0.05) is 10.0 Å². The lowest BCUT2D eigenvalue weighted by Gasteiger charge is -2.26. The fourth-order valence-electron chi connectivity index (χ4n) is 2.96. The molecule has 0 aromatic heterocycles. The molecule has 0 radical (unpaired) electrons. The zero-order valence-electron chi connectivity index (χ0n) is 14.8. The number of hydrogen-bond acceptors (Lipinski definition) is 3. The second-order valence-electron chi connectivity index (χ2n) is 6.76. The molecular weight excluding hydrogens is 380 g/mol. The molecule has 1 aliphatic heterocycles. The van der Waals surface area contributed by atoms with Crippen molar-refractivity contribution in [2.24, 2.45) is 5.92 Å². The molecule has 1 heterocycles. The van der Waals surface area contributed by atoms with Crippen molar-refractivity contribution in [3.8, 4) is 5.75 Å². The molecule has 0 saturated carbocycles. The van der Waals surface area contributed by atoms with Crippen LogP contribution >= 0.6 is 15.9 Å². The minimum Gasteiger partial charge on any atom is -0.486 e. The molecule has 3 nitrogen and oxygen atoms in total. The lowest BCUT2D eigenvalue weighted by molar-refractivity contribution is -0.183. The maximum Gasteiger partial charge on any atom is 0.185 e. The van der Waals surface area contributed by atoms with Gasteiger partial charge in [-0.3, -0.25) is 0 Å². The highest BCUT2D eigenvalue weighted by molar-refractivity contribution is 9.10. The largest absolute Gasteiger partial charge is 0.486 e. The molecule has 1 saturated heterocycles. The van der Waals surface area contributed by atoms with Crippen molar-refractivity contribution in [1.29, 1.82) is 0 Å². The van der Waals surface area contributed by atoms with Crippen LogP contribution in [0, 0.1) is 5.92 Å². The Kier molecular flexibility index (Phi) is 6.51. The Labute approximate surface area is 158 Å². The molecule has 25 heavy (non-hydrogen) atoms. The monoisotopic (exact) mass is 404 g/mol. The van der Waals surface area contributed by atoms with E-state index in [0.29, 0.717) is 5.92 Å². The van der Waals surface area contributed by atoms with E-state index >= 15 is 0 Å². The van der Waals surface area contributed by atoms with E-state index in [1.165, 1.54) is 5.56 Å². The van der Waals surface area contributed by atoms with Crippen LogP contribution in [-0.2, 0) is 9.47 Å².